The highest BCUT2D eigenvalue weighted by Gasteiger charge is 2.17. The smallest absolute Gasteiger partial charge is 0.274 e. The third-order valence-corrected chi connectivity index (χ3v) is 4.63. The quantitative estimate of drug-likeness (QED) is 0.906. The maximum atomic E-state index is 13.2. The van der Waals surface area contributed by atoms with Gasteiger partial charge in [-0.05, 0) is 36.9 Å². The van der Waals surface area contributed by atoms with Crippen LogP contribution in [-0.2, 0) is 0 Å². The van der Waals surface area contributed by atoms with Crippen LogP contribution in [0.3, 0.4) is 0 Å². The number of anilines is 2. The monoisotopic (exact) mass is 362 g/mol. The molecular formula is C18H20ClFN4O. The standard InChI is InChI=1S/C18H20ClFN4O/c1-2-23-7-9-24(10-8-23)14-4-6-17(21-12-14)18(25)22-13-3-5-16(20)15(19)11-13/h3-6,11-12H,2,7-10H2,1H3,(H,22,25). The highest BCUT2D eigenvalue weighted by molar-refractivity contribution is 6.31. The third-order valence-electron chi connectivity index (χ3n) is 4.34. The number of aromatic nitrogens is 1. The van der Waals surface area contributed by atoms with Gasteiger partial charge in [-0.2, -0.15) is 0 Å². The van der Waals surface area contributed by atoms with E-state index in [2.05, 4.69) is 27.0 Å². The normalized spacial score (nSPS) is 15.2. The van der Waals surface area contributed by atoms with Crippen molar-refractivity contribution in [3.05, 3.63) is 53.1 Å². The Labute approximate surface area is 151 Å². The second kappa shape index (κ2) is 7.80. The van der Waals surface area contributed by atoms with Gasteiger partial charge in [-0.1, -0.05) is 18.5 Å². The zero-order chi connectivity index (χ0) is 17.8. The number of piperazine rings is 1. The van der Waals surface area contributed by atoms with Gasteiger partial charge in [-0.25, -0.2) is 9.37 Å². The van der Waals surface area contributed by atoms with Gasteiger partial charge in [0, 0.05) is 31.9 Å². The van der Waals surface area contributed by atoms with Crippen LogP contribution in [0.5, 0.6) is 0 Å². The summed E-state index contributed by atoms with van der Waals surface area (Å²) in [6, 6.07) is 7.64. The number of hydrogen-bond acceptors (Lipinski definition) is 4. The van der Waals surface area contributed by atoms with E-state index in [1.165, 1.54) is 18.2 Å². The maximum absolute atomic E-state index is 13.2. The van der Waals surface area contributed by atoms with Crippen LogP contribution in [0.15, 0.2) is 36.5 Å². The first-order valence-corrected chi connectivity index (χ1v) is 8.64. The molecule has 132 valence electrons. The van der Waals surface area contributed by atoms with Gasteiger partial charge in [0.1, 0.15) is 11.5 Å². The molecule has 0 atom stereocenters. The molecule has 0 radical (unpaired) electrons. The van der Waals surface area contributed by atoms with Gasteiger partial charge < -0.3 is 15.1 Å². The fourth-order valence-electron chi connectivity index (χ4n) is 2.80. The largest absolute Gasteiger partial charge is 0.368 e. The SMILES string of the molecule is CCN1CCN(c2ccc(C(=O)Nc3ccc(F)c(Cl)c3)nc2)CC1. The number of amides is 1. The van der Waals surface area contributed by atoms with Crippen molar-refractivity contribution in [3.63, 3.8) is 0 Å². The fraction of sp³-hybridized carbons (Fsp3) is 0.333. The van der Waals surface area contributed by atoms with Crippen LogP contribution < -0.4 is 10.2 Å². The van der Waals surface area contributed by atoms with Crippen molar-refractivity contribution in [1.29, 1.82) is 0 Å². The third kappa shape index (κ3) is 4.27. The lowest BCUT2D eigenvalue weighted by molar-refractivity contribution is 0.102. The summed E-state index contributed by atoms with van der Waals surface area (Å²) in [4.78, 5) is 21.2. The number of hydrogen-bond donors (Lipinski definition) is 1. The number of pyridine rings is 1. The predicted octanol–water partition coefficient (Wildman–Crippen LogP) is 3.27. The minimum atomic E-state index is -0.523. The number of benzene rings is 1. The molecule has 3 rings (SSSR count). The Morgan fingerprint density at radius 2 is 2.00 bits per heavy atom. The molecule has 0 bridgehead atoms. The topological polar surface area (TPSA) is 48.5 Å². The van der Waals surface area contributed by atoms with Crippen LogP contribution in [0.2, 0.25) is 5.02 Å². The average Bonchev–Trinajstić information content (AvgIpc) is 2.65. The second-order valence-electron chi connectivity index (χ2n) is 5.91. The summed E-state index contributed by atoms with van der Waals surface area (Å²) in [6.07, 6.45) is 1.72. The van der Waals surface area contributed by atoms with Crippen molar-refractivity contribution >= 4 is 28.9 Å². The Hall–Kier alpha value is -2.18. The predicted molar refractivity (Wildman–Crippen MR) is 97.9 cm³/mol. The molecule has 1 aromatic carbocycles. The van der Waals surface area contributed by atoms with Crippen molar-refractivity contribution in [2.75, 3.05) is 42.9 Å². The number of rotatable bonds is 4. The molecule has 1 amide bonds. The summed E-state index contributed by atoms with van der Waals surface area (Å²) in [5.41, 5.74) is 1.74. The molecule has 1 fully saturated rings. The van der Waals surface area contributed by atoms with E-state index in [0.717, 1.165) is 38.4 Å². The molecule has 1 aliphatic heterocycles. The highest BCUT2D eigenvalue weighted by atomic mass is 35.5. The van der Waals surface area contributed by atoms with Gasteiger partial charge in [-0.15, -0.1) is 0 Å². The first-order valence-electron chi connectivity index (χ1n) is 8.26. The van der Waals surface area contributed by atoms with E-state index in [0.29, 0.717) is 11.4 Å². The van der Waals surface area contributed by atoms with Crippen molar-refractivity contribution in [2.45, 2.75) is 6.92 Å². The van der Waals surface area contributed by atoms with Gasteiger partial charge in [0.2, 0.25) is 0 Å². The van der Waals surface area contributed by atoms with E-state index in [4.69, 9.17) is 11.6 Å². The van der Waals surface area contributed by atoms with Crippen molar-refractivity contribution < 1.29 is 9.18 Å². The molecule has 0 unspecified atom stereocenters. The Morgan fingerprint density at radius 1 is 1.24 bits per heavy atom. The highest BCUT2D eigenvalue weighted by Crippen LogP contribution is 2.20. The Bertz CT molecular complexity index is 745. The number of halogens is 2. The molecule has 0 saturated carbocycles. The Balaban J connectivity index is 1.63. The summed E-state index contributed by atoms with van der Waals surface area (Å²) in [7, 11) is 0. The zero-order valence-corrected chi connectivity index (χ0v) is 14.8. The molecule has 5 nitrogen and oxygen atoms in total. The zero-order valence-electron chi connectivity index (χ0n) is 14.0. The molecule has 1 saturated heterocycles. The molecular weight excluding hydrogens is 343 g/mol. The van der Waals surface area contributed by atoms with Crippen LogP contribution in [0.25, 0.3) is 0 Å². The molecule has 1 aromatic heterocycles. The van der Waals surface area contributed by atoms with Crippen molar-refractivity contribution in [2.24, 2.45) is 0 Å². The van der Waals surface area contributed by atoms with Crippen LogP contribution in [0.4, 0.5) is 15.8 Å². The first kappa shape index (κ1) is 17.6. The van der Waals surface area contributed by atoms with E-state index >= 15 is 0 Å². The summed E-state index contributed by atoms with van der Waals surface area (Å²) in [6.45, 7) is 7.20. The molecule has 25 heavy (non-hydrogen) atoms. The lowest BCUT2D eigenvalue weighted by Crippen LogP contribution is -2.46. The molecule has 2 heterocycles. The minimum absolute atomic E-state index is 0.0349. The van der Waals surface area contributed by atoms with Gasteiger partial charge in [0.05, 0.1) is 16.9 Å². The Morgan fingerprint density at radius 3 is 2.60 bits per heavy atom. The fourth-order valence-corrected chi connectivity index (χ4v) is 2.98. The van der Waals surface area contributed by atoms with Crippen molar-refractivity contribution in [3.8, 4) is 0 Å². The van der Waals surface area contributed by atoms with Crippen LogP contribution in [-0.4, -0.2) is 48.5 Å². The summed E-state index contributed by atoms with van der Waals surface area (Å²) in [5, 5.41) is 2.63. The van der Waals surface area contributed by atoms with Crippen molar-refractivity contribution in [1.82, 2.24) is 9.88 Å². The average molecular weight is 363 g/mol. The maximum Gasteiger partial charge on any atom is 0.274 e. The minimum Gasteiger partial charge on any atom is -0.368 e. The van der Waals surface area contributed by atoms with E-state index < -0.39 is 5.82 Å². The first-order chi connectivity index (χ1) is 12.1. The summed E-state index contributed by atoms with van der Waals surface area (Å²) >= 11 is 5.72. The van der Waals surface area contributed by atoms with E-state index in [1.54, 1.807) is 12.3 Å². The second-order valence-corrected chi connectivity index (χ2v) is 6.31. The van der Waals surface area contributed by atoms with Gasteiger partial charge >= 0.3 is 0 Å². The lowest BCUT2D eigenvalue weighted by Gasteiger charge is -2.35. The van der Waals surface area contributed by atoms with Gasteiger partial charge in [0.15, 0.2) is 0 Å². The molecule has 1 N–H and O–H groups in total. The molecule has 7 heteroatoms. The lowest BCUT2D eigenvalue weighted by atomic mass is 10.2. The number of carbonyl (C=O) groups excluding carboxylic acids is 1. The molecule has 0 spiro atoms. The van der Waals surface area contributed by atoms with Gasteiger partial charge in [-0.3, -0.25) is 4.79 Å². The molecule has 1 aliphatic rings. The van der Waals surface area contributed by atoms with Crippen LogP contribution in [0.1, 0.15) is 17.4 Å². The number of nitrogens with one attached hydrogen (secondary N) is 1. The Kier molecular flexibility index (Phi) is 5.50. The number of likely N-dealkylation sites (N-methyl/N-ethyl adjacent to an activating group) is 1. The number of carbonyl (C=O) groups is 1. The van der Waals surface area contributed by atoms with E-state index in [1.807, 2.05) is 6.07 Å². The van der Waals surface area contributed by atoms with Crippen LogP contribution in [0, 0.1) is 5.82 Å². The molecule has 0 aliphatic carbocycles. The van der Waals surface area contributed by atoms with E-state index in [9.17, 15) is 9.18 Å². The van der Waals surface area contributed by atoms with Crippen LogP contribution >= 0.6 is 11.6 Å². The van der Waals surface area contributed by atoms with Gasteiger partial charge in [0.25, 0.3) is 5.91 Å². The number of nitrogens with zero attached hydrogens (tertiary/aromatic N) is 3. The van der Waals surface area contributed by atoms with E-state index in [-0.39, 0.29) is 10.9 Å². The molecule has 2 aromatic rings. The summed E-state index contributed by atoms with van der Waals surface area (Å²) in [5.74, 6) is -0.879. The summed E-state index contributed by atoms with van der Waals surface area (Å²) < 4.78 is 13.2.